The summed E-state index contributed by atoms with van der Waals surface area (Å²) in [6.07, 6.45) is 1.13. The van der Waals surface area contributed by atoms with Gasteiger partial charge in [-0.25, -0.2) is 13.4 Å². The molecule has 110 valence electrons. The van der Waals surface area contributed by atoms with Crippen LogP contribution in [0.2, 0.25) is 0 Å². The third-order valence-electron chi connectivity index (χ3n) is 3.14. The fourth-order valence-electron chi connectivity index (χ4n) is 1.97. The van der Waals surface area contributed by atoms with E-state index in [0.717, 1.165) is 12.3 Å². The molecule has 2 rings (SSSR count). The highest BCUT2D eigenvalue weighted by atomic mass is 32.2. The molecule has 1 unspecified atom stereocenters. The normalized spacial score (nSPS) is 19.9. The number of rotatable bonds is 3. The van der Waals surface area contributed by atoms with E-state index in [2.05, 4.69) is 4.98 Å². The number of sulfone groups is 1. The number of aromatic nitrogens is 1. The Morgan fingerprint density at radius 1 is 1.55 bits per heavy atom. The van der Waals surface area contributed by atoms with Gasteiger partial charge < -0.3 is 4.90 Å². The predicted molar refractivity (Wildman–Crippen MR) is 75.8 cm³/mol. The van der Waals surface area contributed by atoms with Gasteiger partial charge in [-0.2, -0.15) is 16.2 Å². The number of amides is 1. The Labute approximate surface area is 121 Å². The standard InChI is InChI=1S/C12H15FN2O3S2/c1-2-20(17,18)11-8-19-6-5-15(11)12(16)9-3-4-10(13)14-7-9/h3-4,7,11H,2,5-6,8H2,1H3. The third-order valence-corrected chi connectivity index (χ3v) is 6.43. The molecule has 20 heavy (non-hydrogen) atoms. The molecule has 1 aliphatic rings. The summed E-state index contributed by atoms with van der Waals surface area (Å²) >= 11 is 1.52. The molecule has 0 spiro atoms. The van der Waals surface area contributed by atoms with Crippen LogP contribution < -0.4 is 0 Å². The minimum atomic E-state index is -3.34. The zero-order valence-electron chi connectivity index (χ0n) is 11.0. The van der Waals surface area contributed by atoms with Gasteiger partial charge in [0, 0.05) is 30.0 Å². The smallest absolute Gasteiger partial charge is 0.256 e. The molecule has 1 fully saturated rings. The topological polar surface area (TPSA) is 67.3 Å². The lowest BCUT2D eigenvalue weighted by molar-refractivity contribution is 0.0749. The minimum Gasteiger partial charge on any atom is -0.320 e. The number of carbonyl (C=O) groups excluding carboxylic acids is 1. The van der Waals surface area contributed by atoms with Crippen LogP contribution in [0.5, 0.6) is 0 Å². The summed E-state index contributed by atoms with van der Waals surface area (Å²) in [6, 6.07) is 2.41. The van der Waals surface area contributed by atoms with E-state index < -0.39 is 27.1 Å². The summed E-state index contributed by atoms with van der Waals surface area (Å²) in [6.45, 7) is 1.93. The quantitative estimate of drug-likeness (QED) is 0.783. The van der Waals surface area contributed by atoms with Crippen molar-refractivity contribution in [3.63, 3.8) is 0 Å². The highest BCUT2D eigenvalue weighted by molar-refractivity contribution is 8.01. The maximum absolute atomic E-state index is 12.8. The molecule has 0 N–H and O–H groups in total. The van der Waals surface area contributed by atoms with Crippen LogP contribution in [0.3, 0.4) is 0 Å². The SMILES string of the molecule is CCS(=O)(=O)C1CSCCN1C(=O)c1ccc(F)nc1. The summed E-state index contributed by atoms with van der Waals surface area (Å²) in [4.78, 5) is 17.2. The molecule has 1 saturated heterocycles. The van der Waals surface area contributed by atoms with Crippen LogP contribution in [0, 0.1) is 5.95 Å². The zero-order valence-corrected chi connectivity index (χ0v) is 12.6. The zero-order chi connectivity index (χ0) is 14.8. The maximum Gasteiger partial charge on any atom is 0.256 e. The average molecular weight is 318 g/mol. The molecule has 1 aromatic heterocycles. The van der Waals surface area contributed by atoms with Gasteiger partial charge in [0.1, 0.15) is 5.37 Å². The number of halogens is 1. The first-order valence-corrected chi connectivity index (χ1v) is 9.04. The third kappa shape index (κ3) is 3.12. The Kier molecular flexibility index (Phi) is 4.64. The molecule has 1 aromatic rings. The van der Waals surface area contributed by atoms with Crippen LogP contribution >= 0.6 is 11.8 Å². The second-order valence-electron chi connectivity index (χ2n) is 4.35. The van der Waals surface area contributed by atoms with Gasteiger partial charge in [0.2, 0.25) is 5.95 Å². The van der Waals surface area contributed by atoms with E-state index in [9.17, 15) is 17.6 Å². The van der Waals surface area contributed by atoms with Gasteiger partial charge in [0.05, 0.1) is 5.56 Å². The molecule has 1 amide bonds. The monoisotopic (exact) mass is 318 g/mol. The van der Waals surface area contributed by atoms with E-state index in [4.69, 9.17) is 0 Å². The Morgan fingerprint density at radius 3 is 2.90 bits per heavy atom. The molecule has 5 nitrogen and oxygen atoms in total. The van der Waals surface area contributed by atoms with Gasteiger partial charge in [0.15, 0.2) is 9.84 Å². The van der Waals surface area contributed by atoms with Crippen molar-refractivity contribution in [1.29, 1.82) is 0 Å². The molecular weight excluding hydrogens is 303 g/mol. The molecule has 0 saturated carbocycles. The van der Waals surface area contributed by atoms with Crippen molar-refractivity contribution in [3.05, 3.63) is 29.8 Å². The van der Waals surface area contributed by atoms with E-state index in [1.807, 2.05) is 0 Å². The Morgan fingerprint density at radius 2 is 2.30 bits per heavy atom. The van der Waals surface area contributed by atoms with Gasteiger partial charge in [-0.3, -0.25) is 4.79 Å². The van der Waals surface area contributed by atoms with E-state index in [0.29, 0.717) is 18.1 Å². The lowest BCUT2D eigenvalue weighted by atomic mass is 10.2. The number of pyridine rings is 1. The molecular formula is C12H15FN2O3S2. The van der Waals surface area contributed by atoms with E-state index in [1.54, 1.807) is 6.92 Å². The van der Waals surface area contributed by atoms with Crippen LogP contribution in [-0.4, -0.2) is 53.4 Å². The lowest BCUT2D eigenvalue weighted by Gasteiger charge is -2.34. The Balaban J connectivity index is 2.28. The lowest BCUT2D eigenvalue weighted by Crippen LogP contribution is -2.50. The molecule has 1 aliphatic heterocycles. The fraction of sp³-hybridized carbons (Fsp3) is 0.500. The Bertz CT molecular complexity index is 589. The van der Waals surface area contributed by atoms with Gasteiger partial charge in [-0.05, 0) is 12.1 Å². The highest BCUT2D eigenvalue weighted by Crippen LogP contribution is 2.23. The number of carbonyl (C=O) groups is 1. The van der Waals surface area contributed by atoms with E-state index >= 15 is 0 Å². The summed E-state index contributed by atoms with van der Waals surface area (Å²) in [5, 5.41) is -0.816. The van der Waals surface area contributed by atoms with Gasteiger partial charge in [-0.15, -0.1) is 0 Å². The molecule has 0 bridgehead atoms. The summed E-state index contributed by atoms with van der Waals surface area (Å²) < 4.78 is 36.9. The van der Waals surface area contributed by atoms with E-state index in [1.165, 1.54) is 22.7 Å². The maximum atomic E-state index is 12.8. The molecule has 0 aromatic carbocycles. The summed E-state index contributed by atoms with van der Waals surface area (Å²) in [5.41, 5.74) is 0.203. The van der Waals surface area contributed by atoms with Crippen molar-refractivity contribution < 1.29 is 17.6 Å². The number of hydrogen-bond acceptors (Lipinski definition) is 5. The van der Waals surface area contributed by atoms with Crippen molar-refractivity contribution in [1.82, 2.24) is 9.88 Å². The minimum absolute atomic E-state index is 0.0102. The van der Waals surface area contributed by atoms with Crippen LogP contribution in [-0.2, 0) is 9.84 Å². The van der Waals surface area contributed by atoms with Crippen LogP contribution in [0.25, 0.3) is 0 Å². The van der Waals surface area contributed by atoms with Crippen molar-refractivity contribution >= 4 is 27.5 Å². The van der Waals surface area contributed by atoms with Crippen LogP contribution in [0.4, 0.5) is 4.39 Å². The van der Waals surface area contributed by atoms with Crippen LogP contribution in [0.1, 0.15) is 17.3 Å². The van der Waals surface area contributed by atoms with Crippen molar-refractivity contribution in [2.24, 2.45) is 0 Å². The Hall–Kier alpha value is -1.15. The summed E-state index contributed by atoms with van der Waals surface area (Å²) in [7, 11) is -3.34. The predicted octanol–water partition coefficient (Wildman–Crippen LogP) is 1.17. The van der Waals surface area contributed by atoms with Crippen molar-refractivity contribution in [2.75, 3.05) is 23.8 Å². The first-order chi connectivity index (χ1) is 9.45. The van der Waals surface area contributed by atoms with Gasteiger partial charge in [0.25, 0.3) is 5.91 Å². The van der Waals surface area contributed by atoms with Crippen molar-refractivity contribution in [2.45, 2.75) is 12.3 Å². The van der Waals surface area contributed by atoms with Gasteiger partial charge >= 0.3 is 0 Å². The van der Waals surface area contributed by atoms with Gasteiger partial charge in [-0.1, -0.05) is 6.92 Å². The number of hydrogen-bond donors (Lipinski definition) is 0. The number of thioether (sulfide) groups is 1. The second-order valence-corrected chi connectivity index (χ2v) is 7.95. The average Bonchev–Trinajstić information content (AvgIpc) is 2.47. The molecule has 8 heteroatoms. The molecule has 0 aliphatic carbocycles. The van der Waals surface area contributed by atoms with Crippen LogP contribution in [0.15, 0.2) is 18.3 Å². The van der Waals surface area contributed by atoms with Crippen molar-refractivity contribution in [3.8, 4) is 0 Å². The largest absolute Gasteiger partial charge is 0.320 e. The summed E-state index contributed by atoms with van der Waals surface area (Å²) in [5.74, 6) is -0.0376. The number of nitrogens with zero attached hydrogens (tertiary/aromatic N) is 2. The first-order valence-electron chi connectivity index (χ1n) is 6.17. The first kappa shape index (κ1) is 15.2. The highest BCUT2D eigenvalue weighted by Gasteiger charge is 2.36. The molecule has 2 heterocycles. The molecule has 0 radical (unpaired) electrons. The molecule has 1 atom stereocenters. The second kappa shape index (κ2) is 6.09. The fourth-order valence-corrected chi connectivity index (χ4v) is 4.94. The van der Waals surface area contributed by atoms with E-state index in [-0.39, 0.29) is 11.3 Å².